The molecule has 1 saturated heterocycles. The van der Waals surface area contributed by atoms with E-state index in [4.69, 9.17) is 9.97 Å². The van der Waals surface area contributed by atoms with Crippen molar-refractivity contribution in [3.05, 3.63) is 16.3 Å². The second kappa shape index (κ2) is 5.46. The van der Waals surface area contributed by atoms with E-state index in [-0.39, 0.29) is 0 Å². The summed E-state index contributed by atoms with van der Waals surface area (Å²) in [5.41, 5.74) is 1.55. The van der Waals surface area contributed by atoms with Crippen LogP contribution in [0.3, 0.4) is 0 Å². The topological polar surface area (TPSA) is 33.5 Å². The summed E-state index contributed by atoms with van der Waals surface area (Å²) in [5, 5.41) is 1.37. The van der Waals surface area contributed by atoms with Crippen LogP contribution in [0.2, 0.25) is 0 Å². The first-order valence-electron chi connectivity index (χ1n) is 8.47. The van der Waals surface area contributed by atoms with Crippen LogP contribution in [0.4, 0.5) is 5.82 Å². The highest BCUT2D eigenvalue weighted by Gasteiger charge is 2.27. The van der Waals surface area contributed by atoms with Gasteiger partial charge in [-0.1, -0.05) is 6.92 Å². The van der Waals surface area contributed by atoms with Gasteiger partial charge in [-0.15, -0.1) is 11.3 Å². The monoisotopic (exact) mass is 317 g/mol. The van der Waals surface area contributed by atoms with Gasteiger partial charge in [0.15, 0.2) is 0 Å². The van der Waals surface area contributed by atoms with E-state index in [1.165, 1.54) is 48.4 Å². The lowest BCUT2D eigenvalue weighted by atomic mass is 9.89. The molecule has 0 spiro atoms. The maximum absolute atomic E-state index is 4.86. The molecule has 1 fully saturated rings. The largest absolute Gasteiger partial charge is 0.345 e. The average molecular weight is 317 g/mol. The van der Waals surface area contributed by atoms with E-state index in [9.17, 15) is 0 Å². The second-order valence-corrected chi connectivity index (χ2v) is 8.15. The number of likely N-dealkylation sites (N-methyl/N-ethyl adjacent to an activating group) is 1. The summed E-state index contributed by atoms with van der Waals surface area (Å²) < 4.78 is 0. The molecule has 1 aliphatic heterocycles. The first-order chi connectivity index (χ1) is 10.6. The van der Waals surface area contributed by atoms with Gasteiger partial charge in [0.25, 0.3) is 0 Å². The molecule has 118 valence electrons. The molecule has 2 aliphatic rings. The van der Waals surface area contributed by atoms with Crippen LogP contribution in [0.25, 0.3) is 10.2 Å². The minimum Gasteiger partial charge on any atom is -0.345 e. The van der Waals surface area contributed by atoms with Crippen molar-refractivity contribution in [3.63, 3.8) is 0 Å². The average Bonchev–Trinajstić information content (AvgIpc) is 2.84. The molecule has 2 aromatic rings. The van der Waals surface area contributed by atoms with Gasteiger partial charge in [-0.05, 0) is 37.7 Å². The smallest absolute Gasteiger partial charge is 0.141 e. The van der Waals surface area contributed by atoms with Crippen LogP contribution >= 0.6 is 11.3 Å². The summed E-state index contributed by atoms with van der Waals surface area (Å²) in [6, 6.07) is 0. The predicted molar refractivity (Wildman–Crippen MR) is 92.2 cm³/mol. The van der Waals surface area contributed by atoms with Crippen LogP contribution in [0, 0.1) is 12.8 Å². The molecule has 22 heavy (non-hydrogen) atoms. The summed E-state index contributed by atoms with van der Waals surface area (Å²) in [6.07, 6.45) is 3.73. The van der Waals surface area contributed by atoms with Crippen molar-refractivity contribution < 1.29 is 4.90 Å². The van der Waals surface area contributed by atoms with Crippen molar-refractivity contribution >= 4 is 27.4 Å². The summed E-state index contributed by atoms with van der Waals surface area (Å²) in [5.74, 6) is 2.94. The van der Waals surface area contributed by atoms with Crippen molar-refractivity contribution in [3.8, 4) is 0 Å². The van der Waals surface area contributed by atoms with Gasteiger partial charge >= 0.3 is 0 Å². The zero-order valence-electron chi connectivity index (χ0n) is 13.8. The number of quaternary nitrogens is 1. The fraction of sp³-hybridized carbons (Fsp3) is 0.647. The van der Waals surface area contributed by atoms with E-state index in [0.29, 0.717) is 0 Å². The molecule has 3 heterocycles. The highest BCUT2D eigenvalue weighted by Crippen LogP contribution is 2.40. The van der Waals surface area contributed by atoms with Crippen molar-refractivity contribution in [2.24, 2.45) is 5.92 Å². The van der Waals surface area contributed by atoms with Gasteiger partial charge in [-0.25, -0.2) is 9.97 Å². The number of hydrogen-bond donors (Lipinski definition) is 1. The van der Waals surface area contributed by atoms with Crippen molar-refractivity contribution in [2.45, 2.75) is 33.1 Å². The summed E-state index contributed by atoms with van der Waals surface area (Å²) in [6.45, 7) is 9.03. The minimum absolute atomic E-state index is 0.810. The predicted octanol–water partition coefficient (Wildman–Crippen LogP) is 1.46. The van der Waals surface area contributed by atoms with Gasteiger partial charge in [-0.3, -0.25) is 0 Å². The first-order valence-corrected chi connectivity index (χ1v) is 9.28. The molecule has 1 aliphatic carbocycles. The number of aryl methyl sites for hydroxylation is 2. The Bertz CT molecular complexity index is 700. The van der Waals surface area contributed by atoms with Gasteiger partial charge in [0, 0.05) is 4.88 Å². The van der Waals surface area contributed by atoms with Gasteiger partial charge in [0.2, 0.25) is 0 Å². The van der Waals surface area contributed by atoms with Gasteiger partial charge in [-0.2, -0.15) is 0 Å². The number of piperazine rings is 1. The molecular weight excluding hydrogens is 292 g/mol. The van der Waals surface area contributed by atoms with Gasteiger partial charge < -0.3 is 9.80 Å². The summed E-state index contributed by atoms with van der Waals surface area (Å²) in [4.78, 5) is 16.5. The van der Waals surface area contributed by atoms with Crippen molar-refractivity contribution in [2.75, 3.05) is 38.1 Å². The molecule has 1 N–H and O–H groups in total. The third-order valence-electron chi connectivity index (χ3n) is 5.16. The number of nitrogens with zero attached hydrogens (tertiary/aromatic N) is 3. The minimum atomic E-state index is 0.810. The molecular formula is C17H25N4S+. The van der Waals surface area contributed by atoms with E-state index < -0.39 is 0 Å². The Labute approximate surface area is 136 Å². The van der Waals surface area contributed by atoms with E-state index in [1.807, 2.05) is 18.3 Å². The zero-order chi connectivity index (χ0) is 15.3. The Balaban J connectivity index is 1.83. The lowest BCUT2D eigenvalue weighted by molar-refractivity contribution is -0.880. The molecule has 0 aromatic carbocycles. The SMILES string of the molecule is Cc1nc(N2CC[NH+](C)CC2)c2c3c(sc2n1)C[C@@H](C)CC3. The third-order valence-corrected chi connectivity index (χ3v) is 6.31. The molecule has 0 amide bonds. The molecule has 0 bridgehead atoms. The quantitative estimate of drug-likeness (QED) is 0.864. The highest BCUT2D eigenvalue weighted by atomic mass is 32.1. The number of anilines is 1. The Morgan fingerprint density at radius 2 is 2.00 bits per heavy atom. The highest BCUT2D eigenvalue weighted by molar-refractivity contribution is 7.19. The molecule has 4 nitrogen and oxygen atoms in total. The van der Waals surface area contributed by atoms with E-state index in [0.717, 1.165) is 24.8 Å². The maximum atomic E-state index is 4.86. The standard InChI is InChI=1S/C17H24N4S/c1-11-4-5-13-14(10-11)22-17-15(13)16(18-12(2)19-17)21-8-6-20(3)7-9-21/h11H,4-10H2,1-3H3/p+1/t11-/m0/s1. The van der Waals surface area contributed by atoms with Crippen LogP contribution in [0.5, 0.6) is 0 Å². The molecule has 2 aromatic heterocycles. The Kier molecular flexibility index (Phi) is 3.57. The molecule has 5 heteroatoms. The Morgan fingerprint density at radius 3 is 2.77 bits per heavy atom. The maximum Gasteiger partial charge on any atom is 0.141 e. The lowest BCUT2D eigenvalue weighted by Crippen LogP contribution is -3.12. The molecule has 4 rings (SSSR count). The number of aromatic nitrogens is 2. The van der Waals surface area contributed by atoms with Gasteiger partial charge in [0.05, 0.1) is 38.6 Å². The van der Waals surface area contributed by atoms with Crippen LogP contribution in [0.1, 0.15) is 29.6 Å². The van der Waals surface area contributed by atoms with Crippen molar-refractivity contribution in [1.82, 2.24) is 9.97 Å². The third kappa shape index (κ3) is 2.40. The van der Waals surface area contributed by atoms with Gasteiger partial charge in [0.1, 0.15) is 16.5 Å². The van der Waals surface area contributed by atoms with Crippen LogP contribution < -0.4 is 9.80 Å². The van der Waals surface area contributed by atoms with E-state index in [1.54, 1.807) is 15.3 Å². The van der Waals surface area contributed by atoms with Crippen molar-refractivity contribution in [1.29, 1.82) is 0 Å². The molecule has 1 atom stereocenters. The summed E-state index contributed by atoms with van der Waals surface area (Å²) in [7, 11) is 2.28. The molecule has 0 saturated carbocycles. The first kappa shape index (κ1) is 14.4. The lowest BCUT2D eigenvalue weighted by Gasteiger charge is -2.31. The fourth-order valence-corrected chi connectivity index (χ4v) is 5.18. The molecule has 0 unspecified atom stereocenters. The normalized spacial score (nSPS) is 23.0. The fourth-order valence-electron chi connectivity index (χ4n) is 3.76. The summed E-state index contributed by atoms with van der Waals surface area (Å²) >= 11 is 1.91. The Hall–Kier alpha value is -1.20. The number of hydrogen-bond acceptors (Lipinski definition) is 4. The zero-order valence-corrected chi connectivity index (χ0v) is 14.6. The van der Waals surface area contributed by atoms with Crippen LogP contribution in [0.15, 0.2) is 0 Å². The van der Waals surface area contributed by atoms with E-state index in [2.05, 4.69) is 18.9 Å². The Morgan fingerprint density at radius 1 is 1.23 bits per heavy atom. The number of fused-ring (bicyclic) bond motifs is 3. The number of nitrogens with one attached hydrogen (secondary N) is 1. The number of rotatable bonds is 1. The molecule has 0 radical (unpaired) electrons. The van der Waals surface area contributed by atoms with Crippen LogP contribution in [-0.4, -0.2) is 43.2 Å². The van der Waals surface area contributed by atoms with E-state index >= 15 is 0 Å². The van der Waals surface area contributed by atoms with Crippen LogP contribution in [-0.2, 0) is 12.8 Å². The number of thiophene rings is 1. The second-order valence-electron chi connectivity index (χ2n) is 7.07.